The Morgan fingerprint density at radius 3 is 2.67 bits per heavy atom. The molecular weight excluding hydrogens is 198 g/mol. The Kier molecular flexibility index (Phi) is 4.74. The number of hydrogen-bond acceptors (Lipinski definition) is 4. The molecule has 1 saturated heterocycles. The molecule has 0 aliphatic carbocycles. The molecular formula is C10H17NO4. The average molecular weight is 215 g/mol. The molecule has 0 spiro atoms. The molecule has 1 rings (SSSR count). The average Bonchev–Trinajstić information content (AvgIpc) is 2.26. The van der Waals surface area contributed by atoms with Crippen molar-refractivity contribution in [2.75, 3.05) is 26.4 Å². The van der Waals surface area contributed by atoms with Crippen molar-refractivity contribution in [1.82, 2.24) is 5.32 Å². The van der Waals surface area contributed by atoms with E-state index >= 15 is 0 Å². The van der Waals surface area contributed by atoms with Gasteiger partial charge in [0.1, 0.15) is 0 Å². The lowest BCUT2D eigenvalue weighted by Gasteiger charge is -2.36. The lowest BCUT2D eigenvalue weighted by molar-refractivity contribution is -0.131. The summed E-state index contributed by atoms with van der Waals surface area (Å²) in [6.07, 6.45) is 4.14. The fourth-order valence-electron chi connectivity index (χ4n) is 1.59. The summed E-state index contributed by atoms with van der Waals surface area (Å²) in [6.45, 7) is 1.77. The first kappa shape index (κ1) is 12.2. The van der Waals surface area contributed by atoms with E-state index in [9.17, 15) is 9.90 Å². The van der Waals surface area contributed by atoms with Gasteiger partial charge in [-0.1, -0.05) is 6.08 Å². The highest BCUT2D eigenvalue weighted by molar-refractivity contribution is 5.79. The summed E-state index contributed by atoms with van der Waals surface area (Å²) in [5, 5.41) is 20.8. The van der Waals surface area contributed by atoms with Crippen LogP contribution in [0.3, 0.4) is 0 Å². The van der Waals surface area contributed by atoms with Crippen molar-refractivity contribution in [3.05, 3.63) is 12.2 Å². The van der Waals surface area contributed by atoms with Crippen molar-refractivity contribution in [1.29, 1.82) is 0 Å². The smallest absolute Gasteiger partial charge is 0.328 e. The number of aliphatic carboxylic acids is 1. The predicted molar refractivity (Wildman–Crippen MR) is 54.6 cm³/mol. The van der Waals surface area contributed by atoms with Gasteiger partial charge in [0.15, 0.2) is 0 Å². The number of nitrogens with one attached hydrogen (secondary N) is 1. The van der Waals surface area contributed by atoms with Crippen molar-refractivity contribution in [3.8, 4) is 0 Å². The molecule has 0 atom stereocenters. The second-order valence-corrected chi connectivity index (χ2v) is 3.67. The molecule has 1 aliphatic heterocycles. The first-order valence-corrected chi connectivity index (χ1v) is 5.02. The zero-order valence-electron chi connectivity index (χ0n) is 8.61. The van der Waals surface area contributed by atoms with Gasteiger partial charge in [0, 0.05) is 31.4 Å². The Bertz CT molecular complexity index is 234. The third-order valence-corrected chi connectivity index (χ3v) is 2.61. The summed E-state index contributed by atoms with van der Waals surface area (Å²) in [7, 11) is 0. The molecule has 5 heteroatoms. The van der Waals surface area contributed by atoms with Gasteiger partial charge in [0.05, 0.1) is 6.61 Å². The molecule has 0 aromatic carbocycles. The topological polar surface area (TPSA) is 78.8 Å². The SMILES string of the molecule is O=C(O)/C=C/CNC1(CO)CCOCC1. The fourth-order valence-corrected chi connectivity index (χ4v) is 1.59. The molecule has 0 radical (unpaired) electrons. The van der Waals surface area contributed by atoms with Gasteiger partial charge in [-0.15, -0.1) is 0 Å². The minimum absolute atomic E-state index is 0.0528. The Morgan fingerprint density at radius 2 is 2.13 bits per heavy atom. The normalized spacial score (nSPS) is 20.6. The van der Waals surface area contributed by atoms with Crippen LogP contribution in [0.25, 0.3) is 0 Å². The van der Waals surface area contributed by atoms with Crippen molar-refractivity contribution in [2.45, 2.75) is 18.4 Å². The number of carboxylic acids is 1. The fraction of sp³-hybridized carbons (Fsp3) is 0.700. The Labute approximate surface area is 88.7 Å². The van der Waals surface area contributed by atoms with E-state index in [2.05, 4.69) is 5.32 Å². The van der Waals surface area contributed by atoms with E-state index in [1.54, 1.807) is 0 Å². The molecule has 0 aromatic rings. The van der Waals surface area contributed by atoms with Crippen LogP contribution in [0.15, 0.2) is 12.2 Å². The van der Waals surface area contributed by atoms with E-state index < -0.39 is 5.97 Å². The molecule has 1 fully saturated rings. The first-order chi connectivity index (χ1) is 7.18. The molecule has 1 heterocycles. The molecule has 86 valence electrons. The van der Waals surface area contributed by atoms with Crippen molar-refractivity contribution >= 4 is 5.97 Å². The summed E-state index contributed by atoms with van der Waals surface area (Å²) in [5.74, 6) is -0.957. The van der Waals surface area contributed by atoms with E-state index in [0.717, 1.165) is 18.9 Å². The highest BCUT2D eigenvalue weighted by Crippen LogP contribution is 2.19. The van der Waals surface area contributed by atoms with E-state index in [0.29, 0.717) is 19.8 Å². The minimum Gasteiger partial charge on any atom is -0.478 e. The zero-order chi connectivity index (χ0) is 11.1. The van der Waals surface area contributed by atoms with Gasteiger partial charge in [-0.25, -0.2) is 4.79 Å². The van der Waals surface area contributed by atoms with Gasteiger partial charge in [0.2, 0.25) is 0 Å². The zero-order valence-corrected chi connectivity index (χ0v) is 8.61. The number of aliphatic hydroxyl groups excluding tert-OH is 1. The van der Waals surface area contributed by atoms with Crippen LogP contribution < -0.4 is 5.32 Å². The van der Waals surface area contributed by atoms with Crippen molar-refractivity contribution < 1.29 is 19.7 Å². The molecule has 5 nitrogen and oxygen atoms in total. The largest absolute Gasteiger partial charge is 0.478 e. The van der Waals surface area contributed by atoms with Gasteiger partial charge in [-0.05, 0) is 12.8 Å². The second-order valence-electron chi connectivity index (χ2n) is 3.67. The molecule has 15 heavy (non-hydrogen) atoms. The van der Waals surface area contributed by atoms with Gasteiger partial charge in [-0.3, -0.25) is 0 Å². The minimum atomic E-state index is -0.957. The maximum Gasteiger partial charge on any atom is 0.328 e. The van der Waals surface area contributed by atoms with Crippen LogP contribution in [0, 0.1) is 0 Å². The van der Waals surface area contributed by atoms with Gasteiger partial charge < -0.3 is 20.3 Å². The van der Waals surface area contributed by atoms with E-state index in [1.165, 1.54) is 6.08 Å². The van der Waals surface area contributed by atoms with Crippen molar-refractivity contribution in [2.24, 2.45) is 0 Å². The van der Waals surface area contributed by atoms with Crippen LogP contribution in [0.4, 0.5) is 0 Å². The van der Waals surface area contributed by atoms with E-state index in [1.807, 2.05) is 0 Å². The summed E-state index contributed by atoms with van der Waals surface area (Å²) in [4.78, 5) is 10.2. The van der Waals surface area contributed by atoms with E-state index in [4.69, 9.17) is 9.84 Å². The lowest BCUT2D eigenvalue weighted by atomic mass is 9.91. The Balaban J connectivity index is 2.35. The maximum absolute atomic E-state index is 10.2. The van der Waals surface area contributed by atoms with Gasteiger partial charge in [0.25, 0.3) is 0 Å². The third-order valence-electron chi connectivity index (χ3n) is 2.61. The van der Waals surface area contributed by atoms with Crippen molar-refractivity contribution in [3.63, 3.8) is 0 Å². The standard InChI is InChI=1S/C10H17NO4/c12-8-10(3-6-15-7-4-10)11-5-1-2-9(13)14/h1-2,11-12H,3-8H2,(H,13,14)/b2-1+. The third kappa shape index (κ3) is 3.99. The molecule has 0 bridgehead atoms. The van der Waals surface area contributed by atoms with E-state index in [-0.39, 0.29) is 12.1 Å². The van der Waals surface area contributed by atoms with Crippen LogP contribution in [0.2, 0.25) is 0 Å². The number of hydrogen-bond donors (Lipinski definition) is 3. The van der Waals surface area contributed by atoms with Gasteiger partial charge >= 0.3 is 5.97 Å². The summed E-state index contributed by atoms with van der Waals surface area (Å²) < 4.78 is 5.21. The molecule has 0 unspecified atom stereocenters. The summed E-state index contributed by atoms with van der Waals surface area (Å²) in [6, 6.07) is 0. The quantitative estimate of drug-likeness (QED) is 0.551. The first-order valence-electron chi connectivity index (χ1n) is 5.02. The van der Waals surface area contributed by atoms with Crippen LogP contribution in [0.5, 0.6) is 0 Å². The monoisotopic (exact) mass is 215 g/mol. The van der Waals surface area contributed by atoms with Crippen LogP contribution in [-0.2, 0) is 9.53 Å². The predicted octanol–water partition coefficient (Wildman–Crippen LogP) is -0.242. The molecule has 0 saturated carbocycles. The van der Waals surface area contributed by atoms with Crippen LogP contribution in [0.1, 0.15) is 12.8 Å². The summed E-state index contributed by atoms with van der Waals surface area (Å²) in [5.41, 5.74) is -0.304. The number of rotatable bonds is 5. The van der Waals surface area contributed by atoms with Crippen LogP contribution >= 0.6 is 0 Å². The molecule has 0 amide bonds. The highest BCUT2D eigenvalue weighted by atomic mass is 16.5. The number of aliphatic hydroxyl groups is 1. The highest BCUT2D eigenvalue weighted by Gasteiger charge is 2.30. The Hall–Kier alpha value is -0.910. The number of carboxylic acid groups (broad SMARTS) is 1. The maximum atomic E-state index is 10.2. The number of carbonyl (C=O) groups is 1. The lowest BCUT2D eigenvalue weighted by Crippen LogP contribution is -2.52. The molecule has 1 aliphatic rings. The Morgan fingerprint density at radius 1 is 1.47 bits per heavy atom. The van der Waals surface area contributed by atoms with Gasteiger partial charge in [-0.2, -0.15) is 0 Å². The molecule has 0 aromatic heterocycles. The second kappa shape index (κ2) is 5.85. The number of ether oxygens (including phenoxy) is 1. The summed E-state index contributed by atoms with van der Waals surface area (Å²) >= 11 is 0. The van der Waals surface area contributed by atoms with Crippen LogP contribution in [-0.4, -0.2) is 48.1 Å². The molecule has 3 N–H and O–H groups in total.